The van der Waals surface area contributed by atoms with Gasteiger partial charge in [-0.15, -0.1) is 0 Å². The molecule has 0 unspecified atom stereocenters. The van der Waals surface area contributed by atoms with E-state index in [2.05, 4.69) is 5.10 Å². The van der Waals surface area contributed by atoms with Crippen LogP contribution in [0, 0.1) is 12.7 Å². The van der Waals surface area contributed by atoms with Gasteiger partial charge in [-0.1, -0.05) is 0 Å². The van der Waals surface area contributed by atoms with Crippen LogP contribution in [-0.2, 0) is 11.2 Å². The molecule has 98 valence electrons. The van der Waals surface area contributed by atoms with Gasteiger partial charge in [0, 0.05) is 11.8 Å². The van der Waals surface area contributed by atoms with E-state index in [1.807, 2.05) is 0 Å². The minimum absolute atomic E-state index is 0.0647. The standard InChI is InChI=1S/C13H10ClFN2O2/c1-8-6-12(18)11(7-13(14)19)16-17(8)10-4-2-9(15)3-5-10/h2-6H,7H2,1H3. The first kappa shape index (κ1) is 13.4. The van der Waals surface area contributed by atoms with E-state index in [9.17, 15) is 14.0 Å². The lowest BCUT2D eigenvalue weighted by Crippen LogP contribution is -2.20. The molecule has 1 aromatic carbocycles. The summed E-state index contributed by atoms with van der Waals surface area (Å²) in [5.74, 6) is -0.362. The van der Waals surface area contributed by atoms with Crippen molar-refractivity contribution in [2.75, 3.05) is 0 Å². The summed E-state index contributed by atoms with van der Waals surface area (Å²) >= 11 is 5.27. The fraction of sp³-hybridized carbons (Fsp3) is 0.154. The number of carbonyl (C=O) groups is 1. The van der Waals surface area contributed by atoms with Gasteiger partial charge in [-0.3, -0.25) is 9.59 Å². The van der Waals surface area contributed by atoms with Gasteiger partial charge in [0.15, 0.2) is 0 Å². The lowest BCUT2D eigenvalue weighted by Gasteiger charge is -2.10. The minimum atomic E-state index is -0.654. The average Bonchev–Trinajstić information content (AvgIpc) is 2.33. The number of halogens is 2. The Morgan fingerprint density at radius 3 is 2.58 bits per heavy atom. The fourth-order valence-corrected chi connectivity index (χ4v) is 1.81. The monoisotopic (exact) mass is 280 g/mol. The Labute approximate surface area is 113 Å². The molecule has 0 N–H and O–H groups in total. The Hall–Kier alpha value is -2.01. The molecule has 0 amide bonds. The molecule has 0 fully saturated rings. The molecule has 6 heteroatoms. The van der Waals surface area contributed by atoms with Crippen molar-refractivity contribution in [3.05, 3.63) is 57.8 Å². The zero-order valence-electron chi connectivity index (χ0n) is 10.1. The molecule has 0 aliphatic heterocycles. The van der Waals surface area contributed by atoms with Crippen LogP contribution in [0.5, 0.6) is 0 Å². The van der Waals surface area contributed by atoms with E-state index in [0.717, 1.165) is 0 Å². The highest BCUT2D eigenvalue weighted by molar-refractivity contribution is 6.63. The summed E-state index contributed by atoms with van der Waals surface area (Å²) < 4.78 is 14.3. The second kappa shape index (κ2) is 5.32. The van der Waals surface area contributed by atoms with Gasteiger partial charge in [0.1, 0.15) is 11.5 Å². The maximum Gasteiger partial charge on any atom is 0.227 e. The highest BCUT2D eigenvalue weighted by atomic mass is 35.5. The molecule has 4 nitrogen and oxygen atoms in total. The molecule has 1 heterocycles. The Morgan fingerprint density at radius 1 is 1.37 bits per heavy atom. The van der Waals surface area contributed by atoms with E-state index in [4.69, 9.17) is 11.6 Å². The third kappa shape index (κ3) is 3.06. The molecule has 0 aliphatic rings. The van der Waals surface area contributed by atoms with Crippen molar-refractivity contribution < 1.29 is 9.18 Å². The molecule has 0 spiro atoms. The van der Waals surface area contributed by atoms with E-state index in [0.29, 0.717) is 11.4 Å². The first-order valence-corrected chi connectivity index (χ1v) is 5.89. The maximum atomic E-state index is 12.9. The van der Waals surface area contributed by atoms with E-state index >= 15 is 0 Å². The van der Waals surface area contributed by atoms with Crippen LogP contribution in [0.4, 0.5) is 4.39 Å². The van der Waals surface area contributed by atoms with Crippen LogP contribution < -0.4 is 5.43 Å². The van der Waals surface area contributed by atoms with Crippen LogP contribution in [0.15, 0.2) is 35.1 Å². The molecule has 0 atom stereocenters. The van der Waals surface area contributed by atoms with Crippen molar-refractivity contribution in [1.29, 1.82) is 0 Å². The number of aryl methyl sites for hydroxylation is 1. The molecular formula is C13H10ClFN2O2. The second-order valence-electron chi connectivity index (χ2n) is 4.02. The quantitative estimate of drug-likeness (QED) is 0.808. The highest BCUT2D eigenvalue weighted by Gasteiger charge is 2.10. The van der Waals surface area contributed by atoms with Gasteiger partial charge >= 0.3 is 0 Å². The lowest BCUT2D eigenvalue weighted by molar-refractivity contribution is -0.111. The topological polar surface area (TPSA) is 52.0 Å². The lowest BCUT2D eigenvalue weighted by atomic mass is 10.2. The van der Waals surface area contributed by atoms with Crippen molar-refractivity contribution in [3.63, 3.8) is 0 Å². The molecular weight excluding hydrogens is 271 g/mol. The zero-order valence-corrected chi connectivity index (χ0v) is 10.8. The average molecular weight is 281 g/mol. The third-order valence-electron chi connectivity index (χ3n) is 2.56. The number of aromatic nitrogens is 2. The molecule has 0 saturated heterocycles. The van der Waals surface area contributed by atoms with Crippen molar-refractivity contribution in [2.45, 2.75) is 13.3 Å². The molecule has 0 aliphatic carbocycles. The molecule has 2 rings (SSSR count). The fourth-order valence-electron chi connectivity index (χ4n) is 1.68. The molecule has 0 bridgehead atoms. The number of rotatable bonds is 3. The third-order valence-corrected chi connectivity index (χ3v) is 2.69. The summed E-state index contributed by atoms with van der Waals surface area (Å²) in [5.41, 5.74) is 0.907. The first-order valence-electron chi connectivity index (χ1n) is 5.51. The number of carbonyl (C=O) groups excluding carboxylic acids is 1. The minimum Gasteiger partial charge on any atom is -0.288 e. The van der Waals surface area contributed by atoms with Crippen molar-refractivity contribution >= 4 is 16.8 Å². The predicted molar refractivity (Wildman–Crippen MR) is 69.1 cm³/mol. The van der Waals surface area contributed by atoms with Crippen LogP contribution in [-0.4, -0.2) is 15.0 Å². The van der Waals surface area contributed by atoms with Gasteiger partial charge in [0.05, 0.1) is 12.1 Å². The Balaban J connectivity index is 2.54. The summed E-state index contributed by atoms with van der Waals surface area (Å²) in [6.45, 7) is 1.70. The van der Waals surface area contributed by atoms with E-state index < -0.39 is 5.24 Å². The van der Waals surface area contributed by atoms with Crippen molar-refractivity contribution in [1.82, 2.24) is 9.78 Å². The Morgan fingerprint density at radius 2 is 2.00 bits per heavy atom. The smallest absolute Gasteiger partial charge is 0.227 e. The number of benzene rings is 1. The number of hydrogen-bond donors (Lipinski definition) is 0. The first-order chi connectivity index (χ1) is 8.97. The number of hydrogen-bond acceptors (Lipinski definition) is 3. The molecule has 1 aromatic heterocycles. The van der Waals surface area contributed by atoms with Crippen LogP contribution >= 0.6 is 11.6 Å². The number of nitrogens with zero attached hydrogens (tertiary/aromatic N) is 2. The summed E-state index contributed by atoms with van der Waals surface area (Å²) in [6.07, 6.45) is -0.234. The second-order valence-corrected chi connectivity index (χ2v) is 4.44. The SMILES string of the molecule is Cc1cc(=O)c(CC(=O)Cl)nn1-c1ccc(F)cc1. The van der Waals surface area contributed by atoms with Gasteiger partial charge in [-0.25, -0.2) is 9.07 Å². The highest BCUT2D eigenvalue weighted by Crippen LogP contribution is 2.10. The van der Waals surface area contributed by atoms with Crippen molar-refractivity contribution in [2.24, 2.45) is 0 Å². The molecule has 19 heavy (non-hydrogen) atoms. The normalized spacial score (nSPS) is 10.5. The van der Waals surface area contributed by atoms with Crippen LogP contribution in [0.3, 0.4) is 0 Å². The summed E-state index contributed by atoms with van der Waals surface area (Å²) in [5, 5.41) is 3.43. The van der Waals surface area contributed by atoms with E-state index in [1.54, 1.807) is 6.92 Å². The molecule has 0 radical (unpaired) electrons. The summed E-state index contributed by atoms with van der Waals surface area (Å²) in [4.78, 5) is 22.5. The largest absolute Gasteiger partial charge is 0.288 e. The van der Waals surface area contributed by atoms with Gasteiger partial charge in [-0.2, -0.15) is 5.10 Å². The molecule has 2 aromatic rings. The maximum absolute atomic E-state index is 12.9. The van der Waals surface area contributed by atoms with Gasteiger partial charge < -0.3 is 0 Å². The van der Waals surface area contributed by atoms with E-state index in [1.165, 1.54) is 35.0 Å². The van der Waals surface area contributed by atoms with Gasteiger partial charge in [0.25, 0.3) is 0 Å². The van der Waals surface area contributed by atoms with Crippen LogP contribution in [0.25, 0.3) is 5.69 Å². The summed E-state index contributed by atoms with van der Waals surface area (Å²) in [7, 11) is 0. The van der Waals surface area contributed by atoms with Gasteiger partial charge in [-0.05, 0) is 42.8 Å². The predicted octanol–water partition coefficient (Wildman–Crippen LogP) is 1.99. The Kier molecular flexibility index (Phi) is 3.76. The summed E-state index contributed by atoms with van der Waals surface area (Å²) in [6, 6.07) is 7.02. The van der Waals surface area contributed by atoms with E-state index in [-0.39, 0.29) is 23.4 Å². The Bertz CT molecular complexity index is 680. The zero-order chi connectivity index (χ0) is 14.0. The van der Waals surface area contributed by atoms with Crippen LogP contribution in [0.1, 0.15) is 11.4 Å². The van der Waals surface area contributed by atoms with Crippen LogP contribution in [0.2, 0.25) is 0 Å². The molecule has 0 saturated carbocycles. The van der Waals surface area contributed by atoms with Crippen molar-refractivity contribution in [3.8, 4) is 5.69 Å². The van der Waals surface area contributed by atoms with Gasteiger partial charge in [0.2, 0.25) is 10.7 Å².